The van der Waals surface area contributed by atoms with Crippen molar-refractivity contribution in [2.75, 3.05) is 19.6 Å². The molecule has 0 aliphatic heterocycles. The number of hydrogen-bond acceptors (Lipinski definition) is 4. The predicted octanol–water partition coefficient (Wildman–Crippen LogP) is -1.32. The summed E-state index contributed by atoms with van der Waals surface area (Å²) < 4.78 is 0. The molecule has 0 aliphatic carbocycles. The van der Waals surface area contributed by atoms with Crippen LogP contribution in [0.3, 0.4) is 0 Å². The Balaban J connectivity index is 3.80. The third kappa shape index (κ3) is 8.21. The molecule has 2 amide bonds. The van der Waals surface area contributed by atoms with Crippen LogP contribution in [0.5, 0.6) is 0 Å². The average Bonchev–Trinajstić information content (AvgIpc) is 2.30. The van der Waals surface area contributed by atoms with Crippen molar-refractivity contribution in [3.8, 4) is 0 Å². The van der Waals surface area contributed by atoms with Crippen molar-refractivity contribution in [3.63, 3.8) is 0 Å². The second kappa shape index (κ2) is 8.51. The third-order valence-corrected chi connectivity index (χ3v) is 2.26. The van der Waals surface area contributed by atoms with Crippen molar-refractivity contribution in [1.82, 2.24) is 10.6 Å². The summed E-state index contributed by atoms with van der Waals surface area (Å²) in [6.45, 7) is 1.85. The highest BCUT2D eigenvalue weighted by Crippen LogP contribution is 2.06. The molecule has 0 fully saturated rings. The van der Waals surface area contributed by atoms with Gasteiger partial charge in [0.05, 0.1) is 13.1 Å². The molecule has 0 aromatic carbocycles. The first-order chi connectivity index (χ1) is 7.99. The Bertz CT molecular complexity index is 281. The SMILES string of the molecule is CCC(CNC(=O)CNC(=O)CN)CC(=O)O. The minimum absolute atomic E-state index is 0.0198. The lowest BCUT2D eigenvalue weighted by Gasteiger charge is -2.13. The highest BCUT2D eigenvalue weighted by atomic mass is 16.4. The molecule has 1 unspecified atom stereocenters. The van der Waals surface area contributed by atoms with Crippen LogP contribution in [0.2, 0.25) is 0 Å². The van der Waals surface area contributed by atoms with Crippen LogP contribution in [0, 0.1) is 5.92 Å². The number of aliphatic carboxylic acids is 1. The van der Waals surface area contributed by atoms with Crippen LogP contribution in [-0.2, 0) is 14.4 Å². The van der Waals surface area contributed by atoms with E-state index in [1.54, 1.807) is 0 Å². The highest BCUT2D eigenvalue weighted by Gasteiger charge is 2.12. The molecule has 5 N–H and O–H groups in total. The molecule has 0 spiro atoms. The first kappa shape index (κ1) is 15.4. The molecule has 0 aromatic heterocycles. The average molecular weight is 245 g/mol. The minimum atomic E-state index is -0.887. The predicted molar refractivity (Wildman–Crippen MR) is 61.1 cm³/mol. The van der Waals surface area contributed by atoms with E-state index >= 15 is 0 Å². The molecular weight excluding hydrogens is 226 g/mol. The fraction of sp³-hybridized carbons (Fsp3) is 0.700. The first-order valence-electron chi connectivity index (χ1n) is 5.44. The summed E-state index contributed by atoms with van der Waals surface area (Å²) >= 11 is 0. The van der Waals surface area contributed by atoms with Crippen molar-refractivity contribution in [2.45, 2.75) is 19.8 Å². The summed E-state index contributed by atoms with van der Waals surface area (Å²) in [4.78, 5) is 32.5. The number of nitrogens with two attached hydrogens (primary N) is 1. The standard InChI is InChI=1S/C10H19N3O4/c1-2-7(3-10(16)17)5-12-9(15)6-13-8(14)4-11/h7H,2-6,11H2,1H3,(H,12,15)(H,13,14)(H,16,17). The lowest BCUT2D eigenvalue weighted by atomic mass is 10.0. The number of carbonyl (C=O) groups excluding carboxylic acids is 2. The van der Waals surface area contributed by atoms with E-state index < -0.39 is 11.9 Å². The molecule has 0 heterocycles. The van der Waals surface area contributed by atoms with Gasteiger partial charge in [-0.25, -0.2) is 0 Å². The van der Waals surface area contributed by atoms with E-state index in [1.807, 2.05) is 6.92 Å². The molecule has 7 heteroatoms. The number of nitrogens with one attached hydrogen (secondary N) is 2. The number of carboxylic acids is 1. The fourth-order valence-electron chi connectivity index (χ4n) is 1.18. The highest BCUT2D eigenvalue weighted by molar-refractivity contribution is 5.85. The van der Waals surface area contributed by atoms with Gasteiger partial charge in [-0.15, -0.1) is 0 Å². The zero-order chi connectivity index (χ0) is 13.3. The van der Waals surface area contributed by atoms with Gasteiger partial charge in [-0.05, 0) is 5.92 Å². The molecule has 17 heavy (non-hydrogen) atoms. The molecule has 0 aromatic rings. The summed E-state index contributed by atoms with van der Waals surface area (Å²) in [5.74, 6) is -1.74. The van der Waals surface area contributed by atoms with Crippen molar-refractivity contribution >= 4 is 17.8 Å². The van der Waals surface area contributed by atoms with Crippen LogP contribution >= 0.6 is 0 Å². The Morgan fingerprint density at radius 1 is 1.24 bits per heavy atom. The largest absolute Gasteiger partial charge is 0.481 e. The maximum Gasteiger partial charge on any atom is 0.303 e. The molecule has 1 atom stereocenters. The zero-order valence-corrected chi connectivity index (χ0v) is 9.86. The quantitative estimate of drug-likeness (QED) is 0.422. The van der Waals surface area contributed by atoms with E-state index in [4.69, 9.17) is 10.8 Å². The van der Waals surface area contributed by atoms with Crippen molar-refractivity contribution < 1.29 is 19.5 Å². The Morgan fingerprint density at radius 2 is 1.88 bits per heavy atom. The zero-order valence-electron chi connectivity index (χ0n) is 9.86. The van der Waals surface area contributed by atoms with E-state index in [2.05, 4.69) is 10.6 Å². The van der Waals surface area contributed by atoms with Crippen LogP contribution in [0.4, 0.5) is 0 Å². The van der Waals surface area contributed by atoms with E-state index in [0.29, 0.717) is 13.0 Å². The van der Waals surface area contributed by atoms with E-state index in [-0.39, 0.29) is 31.3 Å². The summed E-state index contributed by atoms with van der Waals surface area (Å²) in [7, 11) is 0. The second-order valence-corrected chi connectivity index (χ2v) is 3.66. The molecule has 98 valence electrons. The Hall–Kier alpha value is -1.63. The summed E-state index contributed by atoms with van der Waals surface area (Å²) in [6, 6.07) is 0. The van der Waals surface area contributed by atoms with Gasteiger partial charge in [0.25, 0.3) is 0 Å². The van der Waals surface area contributed by atoms with Gasteiger partial charge in [0, 0.05) is 13.0 Å². The number of carbonyl (C=O) groups is 3. The van der Waals surface area contributed by atoms with Crippen LogP contribution in [0.1, 0.15) is 19.8 Å². The van der Waals surface area contributed by atoms with Crippen LogP contribution < -0.4 is 16.4 Å². The smallest absolute Gasteiger partial charge is 0.303 e. The number of carboxylic acid groups (broad SMARTS) is 1. The molecule has 0 rings (SSSR count). The molecule has 0 bridgehead atoms. The number of amides is 2. The lowest BCUT2D eigenvalue weighted by Crippen LogP contribution is -2.41. The van der Waals surface area contributed by atoms with E-state index in [9.17, 15) is 14.4 Å². The Morgan fingerprint density at radius 3 is 2.35 bits per heavy atom. The maximum absolute atomic E-state index is 11.3. The van der Waals surface area contributed by atoms with E-state index in [0.717, 1.165) is 0 Å². The van der Waals surface area contributed by atoms with Crippen LogP contribution in [0.15, 0.2) is 0 Å². The summed E-state index contributed by atoms with van der Waals surface area (Å²) in [5, 5.41) is 13.5. The van der Waals surface area contributed by atoms with Crippen molar-refractivity contribution in [2.24, 2.45) is 11.7 Å². The fourth-order valence-corrected chi connectivity index (χ4v) is 1.18. The number of rotatable bonds is 8. The molecule has 0 aliphatic rings. The molecular formula is C10H19N3O4. The topological polar surface area (TPSA) is 122 Å². The number of hydrogen-bond donors (Lipinski definition) is 4. The lowest BCUT2D eigenvalue weighted by molar-refractivity contribution is -0.138. The molecule has 0 saturated heterocycles. The van der Waals surface area contributed by atoms with Gasteiger partial charge in [-0.2, -0.15) is 0 Å². The second-order valence-electron chi connectivity index (χ2n) is 3.66. The summed E-state index contributed by atoms with van der Waals surface area (Å²) in [5.41, 5.74) is 5.05. The molecule has 7 nitrogen and oxygen atoms in total. The first-order valence-corrected chi connectivity index (χ1v) is 5.44. The van der Waals surface area contributed by atoms with Gasteiger partial charge in [-0.1, -0.05) is 13.3 Å². The van der Waals surface area contributed by atoms with Gasteiger partial charge in [0.1, 0.15) is 0 Å². The van der Waals surface area contributed by atoms with Gasteiger partial charge in [0.15, 0.2) is 0 Å². The van der Waals surface area contributed by atoms with Gasteiger partial charge in [-0.3, -0.25) is 14.4 Å². The van der Waals surface area contributed by atoms with Gasteiger partial charge >= 0.3 is 5.97 Å². The molecule has 0 saturated carbocycles. The van der Waals surface area contributed by atoms with Crippen molar-refractivity contribution in [1.29, 1.82) is 0 Å². The minimum Gasteiger partial charge on any atom is -0.481 e. The van der Waals surface area contributed by atoms with Crippen molar-refractivity contribution in [3.05, 3.63) is 0 Å². The van der Waals surface area contributed by atoms with Crippen LogP contribution in [-0.4, -0.2) is 42.5 Å². The maximum atomic E-state index is 11.3. The normalized spacial score (nSPS) is 11.6. The van der Waals surface area contributed by atoms with Gasteiger partial charge < -0.3 is 21.5 Å². The van der Waals surface area contributed by atoms with Crippen LogP contribution in [0.25, 0.3) is 0 Å². The molecule has 0 radical (unpaired) electrons. The Labute approximate surface area is 99.7 Å². The van der Waals surface area contributed by atoms with E-state index in [1.165, 1.54) is 0 Å². The Kier molecular flexibility index (Phi) is 7.70. The monoisotopic (exact) mass is 245 g/mol. The van der Waals surface area contributed by atoms with Gasteiger partial charge in [0.2, 0.25) is 11.8 Å². The third-order valence-electron chi connectivity index (χ3n) is 2.26. The summed E-state index contributed by atoms with van der Waals surface area (Å²) in [6.07, 6.45) is 0.688.